The Morgan fingerprint density at radius 3 is 2.38 bits per heavy atom. The van der Waals surface area contributed by atoms with Crippen LogP contribution in [0.3, 0.4) is 0 Å². The van der Waals surface area contributed by atoms with Gasteiger partial charge in [-0.1, -0.05) is 0 Å². The van der Waals surface area contributed by atoms with Gasteiger partial charge in [-0.3, -0.25) is 4.79 Å². The number of carbonyl (C=O) groups is 2. The zero-order valence-corrected chi connectivity index (χ0v) is 16.9. The fourth-order valence-corrected chi connectivity index (χ4v) is 3.89. The molecule has 3 aromatic rings. The SMILES string of the molecule is Cc1ccsc1C(=O)OCC(=O)c1cc(C)n(-c2ccc(OC(F)F)cc2)c1C. The van der Waals surface area contributed by atoms with Gasteiger partial charge in [-0.25, -0.2) is 4.79 Å². The lowest BCUT2D eigenvalue weighted by Gasteiger charge is -2.11. The highest BCUT2D eigenvalue weighted by Gasteiger charge is 2.20. The highest BCUT2D eigenvalue weighted by atomic mass is 32.1. The number of benzene rings is 1. The van der Waals surface area contributed by atoms with E-state index < -0.39 is 12.6 Å². The largest absolute Gasteiger partial charge is 0.453 e. The number of thiophene rings is 1. The number of alkyl halides is 2. The lowest BCUT2D eigenvalue weighted by molar-refractivity contribution is -0.0498. The maximum atomic E-state index is 12.6. The van der Waals surface area contributed by atoms with E-state index in [1.165, 1.54) is 23.5 Å². The third-order valence-corrected chi connectivity index (χ3v) is 5.43. The molecule has 2 heterocycles. The summed E-state index contributed by atoms with van der Waals surface area (Å²) in [4.78, 5) is 25.2. The fourth-order valence-electron chi connectivity index (χ4n) is 3.08. The Balaban J connectivity index is 1.75. The molecule has 0 bridgehead atoms. The molecule has 0 spiro atoms. The second-order valence-electron chi connectivity index (χ2n) is 6.42. The van der Waals surface area contributed by atoms with Crippen LogP contribution in [0.5, 0.6) is 5.75 Å². The Morgan fingerprint density at radius 2 is 1.79 bits per heavy atom. The molecule has 0 atom stereocenters. The first-order valence-electron chi connectivity index (χ1n) is 8.76. The first-order chi connectivity index (χ1) is 13.8. The lowest BCUT2D eigenvalue weighted by Crippen LogP contribution is -2.14. The van der Waals surface area contributed by atoms with E-state index in [9.17, 15) is 18.4 Å². The summed E-state index contributed by atoms with van der Waals surface area (Å²) in [5.74, 6) is -0.780. The number of hydrogen-bond acceptors (Lipinski definition) is 5. The quantitative estimate of drug-likeness (QED) is 0.395. The maximum absolute atomic E-state index is 12.6. The molecule has 0 amide bonds. The Bertz CT molecular complexity index is 1040. The van der Waals surface area contributed by atoms with E-state index in [4.69, 9.17) is 4.74 Å². The van der Waals surface area contributed by atoms with Gasteiger partial charge in [0, 0.05) is 22.6 Å². The molecule has 0 aliphatic heterocycles. The van der Waals surface area contributed by atoms with Gasteiger partial charge < -0.3 is 14.0 Å². The molecule has 0 aliphatic rings. The predicted molar refractivity (Wildman–Crippen MR) is 106 cm³/mol. The van der Waals surface area contributed by atoms with Gasteiger partial charge in [-0.15, -0.1) is 11.3 Å². The summed E-state index contributed by atoms with van der Waals surface area (Å²) in [5.41, 5.74) is 3.40. The number of halogens is 2. The molecule has 0 saturated carbocycles. The molecule has 152 valence electrons. The molecule has 1 aromatic carbocycles. The van der Waals surface area contributed by atoms with Crippen molar-refractivity contribution in [3.8, 4) is 11.4 Å². The van der Waals surface area contributed by atoms with Crippen LogP contribution in [0.2, 0.25) is 0 Å². The van der Waals surface area contributed by atoms with Crippen molar-refractivity contribution >= 4 is 23.1 Å². The van der Waals surface area contributed by atoms with Crippen molar-refractivity contribution in [3.63, 3.8) is 0 Å². The van der Waals surface area contributed by atoms with Crippen LogP contribution >= 0.6 is 11.3 Å². The van der Waals surface area contributed by atoms with Crippen molar-refractivity contribution in [2.45, 2.75) is 27.4 Å². The molecule has 29 heavy (non-hydrogen) atoms. The molecule has 0 radical (unpaired) electrons. The fraction of sp³-hybridized carbons (Fsp3) is 0.238. The number of carbonyl (C=O) groups excluding carboxylic acids is 2. The Morgan fingerprint density at radius 1 is 1.10 bits per heavy atom. The van der Waals surface area contributed by atoms with E-state index in [1.807, 2.05) is 17.6 Å². The van der Waals surface area contributed by atoms with Crippen LogP contribution < -0.4 is 4.74 Å². The lowest BCUT2D eigenvalue weighted by atomic mass is 10.1. The highest BCUT2D eigenvalue weighted by Crippen LogP contribution is 2.24. The first-order valence-corrected chi connectivity index (χ1v) is 9.64. The van der Waals surface area contributed by atoms with Crippen LogP contribution in [-0.2, 0) is 4.74 Å². The topological polar surface area (TPSA) is 57.5 Å². The maximum Gasteiger partial charge on any atom is 0.387 e. The van der Waals surface area contributed by atoms with Crippen LogP contribution in [0.4, 0.5) is 8.78 Å². The van der Waals surface area contributed by atoms with Crippen molar-refractivity contribution in [2.75, 3.05) is 6.61 Å². The van der Waals surface area contributed by atoms with E-state index >= 15 is 0 Å². The van der Waals surface area contributed by atoms with Crippen LogP contribution in [0.1, 0.15) is 37.0 Å². The Hall–Kier alpha value is -3.00. The Labute approximate surface area is 170 Å². The number of Topliss-reactive ketones (excluding diaryl/α,β-unsaturated/α-hetero) is 1. The summed E-state index contributed by atoms with van der Waals surface area (Å²) in [6.45, 7) is 2.16. The summed E-state index contributed by atoms with van der Waals surface area (Å²) < 4.78 is 36.0. The van der Waals surface area contributed by atoms with E-state index in [1.54, 1.807) is 37.4 Å². The van der Waals surface area contributed by atoms with Crippen LogP contribution in [0, 0.1) is 20.8 Å². The van der Waals surface area contributed by atoms with Gasteiger partial charge in [0.05, 0.1) is 0 Å². The number of hydrogen-bond donors (Lipinski definition) is 0. The number of rotatable bonds is 7. The smallest absolute Gasteiger partial charge is 0.387 e. The Kier molecular flexibility index (Phi) is 6.12. The summed E-state index contributed by atoms with van der Waals surface area (Å²) in [5, 5.41) is 1.79. The highest BCUT2D eigenvalue weighted by molar-refractivity contribution is 7.12. The van der Waals surface area contributed by atoms with Gasteiger partial charge in [0.2, 0.25) is 5.78 Å². The molecule has 0 unspecified atom stereocenters. The molecule has 0 saturated heterocycles. The number of nitrogens with zero attached hydrogens (tertiary/aromatic N) is 1. The molecule has 2 aromatic heterocycles. The molecule has 0 fully saturated rings. The van der Waals surface area contributed by atoms with Gasteiger partial charge in [-0.2, -0.15) is 8.78 Å². The number of esters is 1. The predicted octanol–water partition coefficient (Wildman–Crippen LogP) is 5.11. The zero-order chi connectivity index (χ0) is 21.1. The molecule has 0 N–H and O–H groups in total. The summed E-state index contributed by atoms with van der Waals surface area (Å²) in [6.07, 6.45) is 0. The van der Waals surface area contributed by atoms with E-state index in [2.05, 4.69) is 4.74 Å². The molecule has 8 heteroatoms. The zero-order valence-electron chi connectivity index (χ0n) is 16.1. The van der Waals surface area contributed by atoms with E-state index in [-0.39, 0.29) is 18.1 Å². The van der Waals surface area contributed by atoms with E-state index in [0.717, 1.165) is 11.3 Å². The number of aromatic nitrogens is 1. The minimum Gasteiger partial charge on any atom is -0.453 e. The molecule has 5 nitrogen and oxygen atoms in total. The normalized spacial score (nSPS) is 11.0. The van der Waals surface area contributed by atoms with Crippen molar-refractivity contribution < 1.29 is 27.8 Å². The monoisotopic (exact) mass is 419 g/mol. The standard InChI is InChI=1S/C21H19F2NO4S/c1-12-8-9-29-19(12)20(26)27-11-18(25)17-10-13(2)24(14(17)3)15-4-6-16(7-5-15)28-21(22)23/h4-10,21H,11H2,1-3H3. The van der Waals surface area contributed by atoms with Crippen molar-refractivity contribution in [1.29, 1.82) is 0 Å². The van der Waals surface area contributed by atoms with Crippen LogP contribution in [0.15, 0.2) is 41.8 Å². The van der Waals surface area contributed by atoms with Crippen LogP contribution in [-0.4, -0.2) is 29.5 Å². The summed E-state index contributed by atoms with van der Waals surface area (Å²) in [6, 6.07) is 9.66. The molecular weight excluding hydrogens is 400 g/mol. The van der Waals surface area contributed by atoms with Crippen LogP contribution in [0.25, 0.3) is 5.69 Å². The average Bonchev–Trinajstić information content (AvgIpc) is 3.23. The average molecular weight is 419 g/mol. The second kappa shape index (κ2) is 8.57. The third kappa shape index (κ3) is 4.54. The summed E-state index contributed by atoms with van der Waals surface area (Å²) >= 11 is 1.27. The second-order valence-corrected chi connectivity index (χ2v) is 7.34. The summed E-state index contributed by atoms with van der Waals surface area (Å²) in [7, 11) is 0. The molecule has 3 rings (SSSR count). The molecular formula is C21H19F2NO4S. The van der Waals surface area contributed by atoms with Crippen molar-refractivity contribution in [2.24, 2.45) is 0 Å². The van der Waals surface area contributed by atoms with Gasteiger partial charge in [0.15, 0.2) is 6.61 Å². The third-order valence-electron chi connectivity index (χ3n) is 4.43. The number of ketones is 1. The minimum atomic E-state index is -2.89. The van der Waals surface area contributed by atoms with Gasteiger partial charge >= 0.3 is 12.6 Å². The minimum absolute atomic E-state index is 0.0540. The van der Waals surface area contributed by atoms with Crippen molar-refractivity contribution in [1.82, 2.24) is 4.57 Å². The number of ether oxygens (including phenoxy) is 2. The molecule has 0 aliphatic carbocycles. The van der Waals surface area contributed by atoms with Crippen molar-refractivity contribution in [3.05, 3.63) is 69.2 Å². The van der Waals surface area contributed by atoms with Gasteiger partial charge in [-0.05, 0) is 68.1 Å². The van der Waals surface area contributed by atoms with E-state index in [0.29, 0.717) is 21.8 Å². The number of aryl methyl sites for hydroxylation is 2. The first kappa shape index (κ1) is 20.7. The van der Waals surface area contributed by atoms with Gasteiger partial charge in [0.1, 0.15) is 10.6 Å². The van der Waals surface area contributed by atoms with Gasteiger partial charge in [0.25, 0.3) is 0 Å².